The molecule has 0 bridgehead atoms. The highest BCUT2D eigenvalue weighted by molar-refractivity contribution is 5.76. The summed E-state index contributed by atoms with van der Waals surface area (Å²) in [6.45, 7) is 7.57. The van der Waals surface area contributed by atoms with Crippen molar-refractivity contribution >= 4 is 24.0 Å². The lowest BCUT2D eigenvalue weighted by molar-refractivity contribution is -0.143. The topological polar surface area (TPSA) is 135 Å². The summed E-state index contributed by atoms with van der Waals surface area (Å²) in [5.41, 5.74) is 0. The van der Waals surface area contributed by atoms with Crippen LogP contribution in [-0.4, -0.2) is 63.4 Å². The van der Waals surface area contributed by atoms with Crippen molar-refractivity contribution in [3.05, 3.63) is 0 Å². The average molecular weight is 402 g/mol. The van der Waals surface area contributed by atoms with E-state index in [1.54, 1.807) is 13.8 Å². The van der Waals surface area contributed by atoms with Crippen LogP contribution in [0.4, 0.5) is 9.59 Å². The fourth-order valence-electron chi connectivity index (χ4n) is 2.17. The minimum atomic E-state index is -0.339. The van der Waals surface area contributed by atoms with Crippen LogP contribution < -0.4 is 21.3 Å². The molecule has 0 aromatic heterocycles. The monoisotopic (exact) mass is 402 g/mol. The van der Waals surface area contributed by atoms with Crippen molar-refractivity contribution in [2.24, 2.45) is 5.92 Å². The number of nitrogens with one attached hydrogen (secondary N) is 4. The zero-order valence-corrected chi connectivity index (χ0v) is 17.1. The van der Waals surface area contributed by atoms with E-state index in [0.29, 0.717) is 26.3 Å². The van der Waals surface area contributed by atoms with Crippen LogP contribution in [0.25, 0.3) is 0 Å². The van der Waals surface area contributed by atoms with Crippen LogP contribution in [0.15, 0.2) is 0 Å². The van der Waals surface area contributed by atoms with Crippen molar-refractivity contribution in [1.82, 2.24) is 21.3 Å². The molecule has 4 N–H and O–H groups in total. The molecule has 0 fully saturated rings. The number of esters is 2. The van der Waals surface area contributed by atoms with Gasteiger partial charge in [-0.3, -0.25) is 9.59 Å². The molecule has 1 unspecified atom stereocenters. The van der Waals surface area contributed by atoms with Gasteiger partial charge >= 0.3 is 24.0 Å². The number of ether oxygens (including phenoxy) is 2. The first-order chi connectivity index (χ1) is 13.4. The second-order valence-corrected chi connectivity index (χ2v) is 6.18. The summed E-state index contributed by atoms with van der Waals surface area (Å²) in [5, 5.41) is 10.6. The van der Waals surface area contributed by atoms with Gasteiger partial charge in [0.05, 0.1) is 26.1 Å². The molecule has 0 aliphatic carbocycles. The van der Waals surface area contributed by atoms with Crippen LogP contribution >= 0.6 is 0 Å². The van der Waals surface area contributed by atoms with Gasteiger partial charge in [0.15, 0.2) is 0 Å². The molecule has 0 aliphatic rings. The Kier molecular flexibility index (Phi) is 15.1. The van der Waals surface area contributed by atoms with Gasteiger partial charge in [0.1, 0.15) is 0 Å². The molecule has 0 aromatic carbocycles. The van der Waals surface area contributed by atoms with Crippen LogP contribution in [0.5, 0.6) is 0 Å². The Balaban J connectivity index is 3.62. The lowest BCUT2D eigenvalue weighted by Crippen LogP contribution is -2.39. The van der Waals surface area contributed by atoms with E-state index in [1.165, 1.54) is 0 Å². The molecule has 0 spiro atoms. The van der Waals surface area contributed by atoms with Gasteiger partial charge in [-0.2, -0.15) is 0 Å². The Hall–Kier alpha value is -2.52. The molecule has 1 atom stereocenters. The Morgan fingerprint density at radius 2 is 1.21 bits per heavy atom. The normalized spacial score (nSPS) is 11.1. The maximum atomic E-state index is 11.6. The van der Waals surface area contributed by atoms with Gasteiger partial charge in [0, 0.05) is 26.2 Å². The van der Waals surface area contributed by atoms with E-state index in [2.05, 4.69) is 21.3 Å². The number of carbonyl (C=O) groups is 4. The minimum absolute atomic E-state index is 0.143. The van der Waals surface area contributed by atoms with Crippen LogP contribution in [-0.2, 0) is 19.1 Å². The summed E-state index contributed by atoms with van der Waals surface area (Å²) in [6, 6.07) is -0.647. The fraction of sp³-hybridized carbons (Fsp3) is 0.778. The number of hydrogen-bond donors (Lipinski definition) is 4. The highest BCUT2D eigenvalue weighted by Crippen LogP contribution is 2.03. The molecule has 0 rings (SSSR count). The number of carbonyl (C=O) groups excluding carboxylic acids is 4. The molecular weight excluding hydrogens is 368 g/mol. The molecule has 0 radical (unpaired) electrons. The predicted molar refractivity (Wildman–Crippen MR) is 104 cm³/mol. The van der Waals surface area contributed by atoms with Gasteiger partial charge in [-0.15, -0.1) is 0 Å². The Morgan fingerprint density at radius 1 is 0.750 bits per heavy atom. The molecule has 0 saturated heterocycles. The van der Waals surface area contributed by atoms with Crippen LogP contribution in [0.1, 0.15) is 46.5 Å². The Bertz CT molecular complexity index is 487. The third-order valence-corrected chi connectivity index (χ3v) is 3.61. The first-order valence-electron chi connectivity index (χ1n) is 9.73. The Labute approximate surface area is 166 Å². The van der Waals surface area contributed by atoms with Crippen molar-refractivity contribution in [2.75, 3.05) is 39.4 Å². The molecule has 10 heteroatoms. The van der Waals surface area contributed by atoms with Crippen LogP contribution in [0.3, 0.4) is 0 Å². The molecule has 0 aromatic rings. The number of urea groups is 2. The number of hydrogen-bond acceptors (Lipinski definition) is 6. The number of rotatable bonds is 14. The summed E-state index contributed by atoms with van der Waals surface area (Å²) in [4.78, 5) is 45.5. The van der Waals surface area contributed by atoms with Crippen molar-refractivity contribution in [1.29, 1.82) is 0 Å². The van der Waals surface area contributed by atoms with Crippen molar-refractivity contribution < 1.29 is 28.7 Å². The van der Waals surface area contributed by atoms with Crippen molar-refractivity contribution in [3.63, 3.8) is 0 Å². The van der Waals surface area contributed by atoms with Crippen molar-refractivity contribution in [2.45, 2.75) is 46.5 Å². The summed E-state index contributed by atoms with van der Waals surface area (Å²) in [6.07, 6.45) is 1.88. The van der Waals surface area contributed by atoms with E-state index >= 15 is 0 Å². The van der Waals surface area contributed by atoms with E-state index in [9.17, 15) is 19.2 Å². The van der Waals surface area contributed by atoms with Gasteiger partial charge < -0.3 is 30.7 Å². The van der Waals surface area contributed by atoms with Crippen LogP contribution in [0, 0.1) is 5.92 Å². The van der Waals surface area contributed by atoms with Gasteiger partial charge in [-0.25, -0.2) is 9.59 Å². The Morgan fingerprint density at radius 3 is 1.71 bits per heavy atom. The molecule has 0 heterocycles. The lowest BCUT2D eigenvalue weighted by atomic mass is 10.1. The zero-order chi connectivity index (χ0) is 21.2. The fourth-order valence-corrected chi connectivity index (χ4v) is 2.17. The predicted octanol–water partition coefficient (Wildman–Crippen LogP) is 0.908. The lowest BCUT2D eigenvalue weighted by Gasteiger charge is -2.13. The maximum Gasteiger partial charge on any atom is 0.314 e. The summed E-state index contributed by atoms with van der Waals surface area (Å²) < 4.78 is 9.53. The van der Waals surface area contributed by atoms with Gasteiger partial charge in [-0.05, 0) is 32.6 Å². The van der Waals surface area contributed by atoms with E-state index in [4.69, 9.17) is 9.47 Å². The second kappa shape index (κ2) is 16.6. The number of amides is 4. The zero-order valence-electron chi connectivity index (χ0n) is 17.1. The molecule has 28 heavy (non-hydrogen) atoms. The van der Waals surface area contributed by atoms with E-state index in [-0.39, 0.29) is 55.8 Å². The molecule has 10 nitrogen and oxygen atoms in total. The average Bonchev–Trinajstić information content (AvgIpc) is 2.64. The smallest absolute Gasteiger partial charge is 0.314 e. The van der Waals surface area contributed by atoms with Crippen LogP contribution in [0.2, 0.25) is 0 Å². The summed E-state index contributed by atoms with van der Waals surface area (Å²) in [7, 11) is 0. The van der Waals surface area contributed by atoms with Gasteiger partial charge in [-0.1, -0.05) is 6.92 Å². The summed E-state index contributed by atoms with van der Waals surface area (Å²) in [5.74, 6) is -0.438. The molecule has 0 saturated carbocycles. The van der Waals surface area contributed by atoms with E-state index < -0.39 is 0 Å². The third kappa shape index (κ3) is 15.7. The van der Waals surface area contributed by atoms with Gasteiger partial charge in [0.25, 0.3) is 0 Å². The molecule has 162 valence electrons. The quantitative estimate of drug-likeness (QED) is 0.252. The second-order valence-electron chi connectivity index (χ2n) is 6.18. The highest BCUT2D eigenvalue weighted by atomic mass is 16.5. The van der Waals surface area contributed by atoms with Gasteiger partial charge in [0.2, 0.25) is 0 Å². The molecular formula is C18H34N4O6. The molecule has 4 amide bonds. The van der Waals surface area contributed by atoms with Crippen molar-refractivity contribution in [3.8, 4) is 0 Å². The summed E-state index contributed by atoms with van der Waals surface area (Å²) >= 11 is 0. The largest absolute Gasteiger partial charge is 0.466 e. The standard InChI is InChI=1S/C18H34N4O6/c1-4-27-15(23)8-11-20-17(25)19-10-6-7-14(3)13-22-18(26)21-12-9-16(24)28-5-2/h14H,4-13H2,1-3H3,(H2,19,20,25)(H2,21,22,26). The first kappa shape index (κ1) is 25.5. The third-order valence-electron chi connectivity index (χ3n) is 3.61. The van der Waals surface area contributed by atoms with E-state index in [1.807, 2.05) is 6.92 Å². The van der Waals surface area contributed by atoms with E-state index in [0.717, 1.165) is 12.8 Å². The molecule has 0 aliphatic heterocycles. The highest BCUT2D eigenvalue weighted by Gasteiger charge is 2.08. The SMILES string of the molecule is CCOC(=O)CCNC(=O)NCCCC(C)CNC(=O)NCCC(=O)OCC. The first-order valence-corrected chi connectivity index (χ1v) is 9.73. The minimum Gasteiger partial charge on any atom is -0.466 e. The maximum absolute atomic E-state index is 11.6.